The minimum atomic E-state index is -0.967. The van der Waals surface area contributed by atoms with Gasteiger partial charge in [-0.25, -0.2) is 4.79 Å². The minimum Gasteiger partial charge on any atom is -0.493 e. The summed E-state index contributed by atoms with van der Waals surface area (Å²) in [5, 5.41) is 11.2. The molecule has 0 heterocycles. The zero-order valence-corrected chi connectivity index (χ0v) is 13.1. The highest BCUT2D eigenvalue weighted by Crippen LogP contribution is 2.34. The van der Waals surface area contributed by atoms with Crippen LogP contribution in [0.5, 0.6) is 17.2 Å². The number of nitrogens with zero attached hydrogens (tertiary/aromatic N) is 1. The van der Waals surface area contributed by atoms with Crippen molar-refractivity contribution in [2.75, 3.05) is 14.2 Å². The number of hydrogen-bond donors (Lipinski definition) is 0. The lowest BCUT2D eigenvalue weighted by Gasteiger charge is -2.11. The maximum Gasteiger partial charge on any atom is 0.514 e. The molecule has 0 unspecified atom stereocenters. The zero-order chi connectivity index (χ0) is 17.5. The van der Waals surface area contributed by atoms with E-state index < -0.39 is 11.1 Å². The van der Waals surface area contributed by atoms with E-state index in [1.165, 1.54) is 26.4 Å². The predicted molar refractivity (Wildman–Crippen MR) is 83.5 cm³/mol. The van der Waals surface area contributed by atoms with Crippen molar-refractivity contribution in [1.29, 1.82) is 0 Å². The molecule has 0 aliphatic carbocycles. The van der Waals surface area contributed by atoms with Crippen molar-refractivity contribution < 1.29 is 28.7 Å². The van der Waals surface area contributed by atoms with Gasteiger partial charge in [0.1, 0.15) is 12.4 Å². The zero-order valence-electron chi connectivity index (χ0n) is 13.1. The molecule has 0 aliphatic rings. The molecule has 8 heteroatoms. The molecule has 24 heavy (non-hydrogen) atoms. The van der Waals surface area contributed by atoms with Crippen LogP contribution < -0.4 is 14.2 Å². The van der Waals surface area contributed by atoms with E-state index in [9.17, 15) is 14.9 Å². The molecule has 0 saturated heterocycles. The largest absolute Gasteiger partial charge is 0.514 e. The summed E-state index contributed by atoms with van der Waals surface area (Å²) >= 11 is 0. The van der Waals surface area contributed by atoms with E-state index in [1.54, 1.807) is 30.3 Å². The summed E-state index contributed by atoms with van der Waals surface area (Å²) in [6.07, 6.45) is -0.967. The van der Waals surface area contributed by atoms with Crippen LogP contribution in [0.25, 0.3) is 0 Å². The summed E-state index contributed by atoms with van der Waals surface area (Å²) in [6, 6.07) is 10.9. The Hall–Kier alpha value is -3.29. The topological polar surface area (TPSA) is 97.1 Å². The third-order valence-corrected chi connectivity index (χ3v) is 3.07. The van der Waals surface area contributed by atoms with E-state index in [-0.39, 0.29) is 29.4 Å². The van der Waals surface area contributed by atoms with E-state index in [1.807, 2.05) is 0 Å². The van der Waals surface area contributed by atoms with Gasteiger partial charge < -0.3 is 18.9 Å². The fraction of sp³-hybridized carbons (Fsp3) is 0.188. The number of hydrogen-bond acceptors (Lipinski definition) is 7. The van der Waals surface area contributed by atoms with Gasteiger partial charge in [-0.05, 0) is 18.2 Å². The van der Waals surface area contributed by atoms with Crippen molar-refractivity contribution in [2.45, 2.75) is 6.61 Å². The molecule has 0 aliphatic heterocycles. The first-order valence-corrected chi connectivity index (χ1v) is 6.84. The van der Waals surface area contributed by atoms with Crippen LogP contribution in [0.4, 0.5) is 10.5 Å². The van der Waals surface area contributed by atoms with Crippen LogP contribution in [-0.4, -0.2) is 25.3 Å². The van der Waals surface area contributed by atoms with Gasteiger partial charge in [-0.15, -0.1) is 0 Å². The van der Waals surface area contributed by atoms with Gasteiger partial charge >= 0.3 is 6.16 Å². The van der Waals surface area contributed by atoms with Crippen LogP contribution in [0.2, 0.25) is 0 Å². The van der Waals surface area contributed by atoms with Gasteiger partial charge in [-0.3, -0.25) is 10.1 Å². The maximum atomic E-state index is 11.7. The van der Waals surface area contributed by atoms with Gasteiger partial charge in [0.2, 0.25) is 0 Å². The molecule has 0 amide bonds. The fourth-order valence-corrected chi connectivity index (χ4v) is 1.95. The molecule has 0 radical (unpaired) electrons. The Morgan fingerprint density at radius 3 is 2.29 bits per heavy atom. The summed E-state index contributed by atoms with van der Waals surface area (Å²) in [7, 11) is 2.77. The molecule has 0 aromatic heterocycles. The van der Waals surface area contributed by atoms with E-state index in [0.717, 1.165) is 0 Å². The van der Waals surface area contributed by atoms with Gasteiger partial charge in [0.25, 0.3) is 5.69 Å². The molecule has 2 aromatic rings. The normalized spacial score (nSPS) is 9.92. The highest BCUT2D eigenvalue weighted by Gasteiger charge is 2.21. The lowest BCUT2D eigenvalue weighted by Crippen LogP contribution is -2.11. The number of carbonyl (C=O) groups is 1. The number of ether oxygens (including phenoxy) is 4. The number of rotatable bonds is 6. The number of benzene rings is 2. The van der Waals surface area contributed by atoms with Gasteiger partial charge in [-0.2, -0.15) is 0 Å². The lowest BCUT2D eigenvalue weighted by atomic mass is 10.1. The van der Waals surface area contributed by atoms with E-state index >= 15 is 0 Å². The SMILES string of the molecule is COc1cc(COC(=O)Oc2ccccc2)c([N+](=O)[O-])cc1OC. The Labute approximate surface area is 137 Å². The lowest BCUT2D eigenvalue weighted by molar-refractivity contribution is -0.385. The molecule has 2 rings (SSSR count). The number of carbonyl (C=O) groups excluding carboxylic acids is 1. The van der Waals surface area contributed by atoms with Crippen molar-refractivity contribution in [3.63, 3.8) is 0 Å². The molecule has 8 nitrogen and oxygen atoms in total. The Kier molecular flexibility index (Phi) is 5.56. The number of methoxy groups -OCH3 is 2. The van der Waals surface area contributed by atoms with Crippen LogP contribution in [-0.2, 0) is 11.3 Å². The second-order valence-electron chi connectivity index (χ2n) is 4.55. The van der Waals surface area contributed by atoms with Crippen LogP contribution in [0.3, 0.4) is 0 Å². The van der Waals surface area contributed by atoms with Crippen LogP contribution in [0, 0.1) is 10.1 Å². The molecular weight excluding hydrogens is 318 g/mol. The van der Waals surface area contributed by atoms with E-state index in [2.05, 4.69) is 0 Å². The summed E-state index contributed by atoms with van der Waals surface area (Å²) in [6.45, 7) is -0.345. The smallest absolute Gasteiger partial charge is 0.493 e. The Morgan fingerprint density at radius 1 is 1.08 bits per heavy atom. The van der Waals surface area contributed by atoms with Crippen molar-refractivity contribution in [3.05, 3.63) is 58.1 Å². The van der Waals surface area contributed by atoms with E-state index in [0.29, 0.717) is 5.75 Å². The third kappa shape index (κ3) is 4.13. The second kappa shape index (κ2) is 7.82. The quantitative estimate of drug-likeness (QED) is 0.346. The average Bonchev–Trinajstić information content (AvgIpc) is 2.59. The molecule has 0 saturated carbocycles. The summed E-state index contributed by atoms with van der Waals surface area (Å²) in [5.74, 6) is 0.808. The molecule has 0 atom stereocenters. The predicted octanol–water partition coefficient (Wildman–Crippen LogP) is 3.33. The highest BCUT2D eigenvalue weighted by molar-refractivity contribution is 5.64. The summed E-state index contributed by atoms with van der Waals surface area (Å²) in [5.41, 5.74) is -0.0946. The van der Waals surface area contributed by atoms with Crippen molar-refractivity contribution >= 4 is 11.8 Å². The molecule has 0 spiro atoms. The maximum absolute atomic E-state index is 11.7. The van der Waals surface area contributed by atoms with Gasteiger partial charge in [0, 0.05) is 0 Å². The number of para-hydroxylation sites is 1. The molecule has 126 valence electrons. The average molecular weight is 333 g/mol. The molecular formula is C16H15NO7. The van der Waals surface area contributed by atoms with Gasteiger partial charge in [0.15, 0.2) is 11.5 Å². The second-order valence-corrected chi connectivity index (χ2v) is 4.55. The Morgan fingerprint density at radius 2 is 1.71 bits per heavy atom. The Balaban J connectivity index is 2.13. The highest BCUT2D eigenvalue weighted by atomic mass is 16.7. The summed E-state index contributed by atoms with van der Waals surface area (Å²) in [4.78, 5) is 22.2. The van der Waals surface area contributed by atoms with Crippen LogP contribution in [0.1, 0.15) is 5.56 Å². The van der Waals surface area contributed by atoms with Crippen molar-refractivity contribution in [1.82, 2.24) is 0 Å². The molecule has 0 fully saturated rings. The minimum absolute atomic E-state index is 0.155. The number of nitro benzene ring substituents is 1. The first-order valence-electron chi connectivity index (χ1n) is 6.84. The first kappa shape index (κ1) is 17.1. The monoisotopic (exact) mass is 333 g/mol. The van der Waals surface area contributed by atoms with Gasteiger partial charge in [-0.1, -0.05) is 18.2 Å². The molecule has 0 bridgehead atoms. The number of nitro groups is 1. The van der Waals surface area contributed by atoms with Crippen LogP contribution >= 0.6 is 0 Å². The first-order chi connectivity index (χ1) is 11.5. The Bertz CT molecular complexity index is 731. The summed E-state index contributed by atoms with van der Waals surface area (Å²) < 4.78 is 20.0. The molecule has 0 N–H and O–H groups in total. The van der Waals surface area contributed by atoms with Crippen molar-refractivity contribution in [3.8, 4) is 17.2 Å². The van der Waals surface area contributed by atoms with Gasteiger partial charge in [0.05, 0.1) is 30.8 Å². The third-order valence-electron chi connectivity index (χ3n) is 3.07. The van der Waals surface area contributed by atoms with Crippen LogP contribution in [0.15, 0.2) is 42.5 Å². The molecule has 2 aromatic carbocycles. The fourth-order valence-electron chi connectivity index (χ4n) is 1.95. The van der Waals surface area contributed by atoms with Crippen molar-refractivity contribution in [2.24, 2.45) is 0 Å². The standard InChI is InChI=1S/C16H15NO7/c1-21-14-8-11(13(17(19)20)9-15(14)22-2)10-23-16(18)24-12-6-4-3-5-7-12/h3-9H,10H2,1-2H3. The van der Waals surface area contributed by atoms with E-state index in [4.69, 9.17) is 18.9 Å².